The van der Waals surface area contributed by atoms with E-state index in [0.717, 1.165) is 70.2 Å². The van der Waals surface area contributed by atoms with E-state index in [-0.39, 0.29) is 12.1 Å². The minimum absolute atomic E-state index is 0.240. The van der Waals surface area contributed by atoms with Gasteiger partial charge in [-0.2, -0.15) is 0 Å². The van der Waals surface area contributed by atoms with Gasteiger partial charge >= 0.3 is 0 Å². The lowest BCUT2D eigenvalue weighted by atomic mass is 10.1. The fourth-order valence-electron chi connectivity index (χ4n) is 4.26. The Morgan fingerprint density at radius 1 is 1.25 bits per heavy atom. The Balaban J connectivity index is 1.41. The van der Waals surface area contributed by atoms with Crippen LogP contribution in [0.1, 0.15) is 38.1 Å². The Kier molecular flexibility index (Phi) is 6.07. The van der Waals surface area contributed by atoms with Crippen LogP contribution in [-0.4, -0.2) is 71.1 Å². The van der Waals surface area contributed by atoms with Crippen molar-refractivity contribution in [1.29, 1.82) is 0 Å². The maximum atomic E-state index is 5.78. The first-order valence-corrected chi connectivity index (χ1v) is 10.3. The van der Waals surface area contributed by atoms with Crippen molar-refractivity contribution in [3.63, 3.8) is 0 Å². The van der Waals surface area contributed by atoms with Gasteiger partial charge in [0.2, 0.25) is 0 Å². The maximum Gasteiger partial charge on any atom is 0.168 e. The van der Waals surface area contributed by atoms with Crippen molar-refractivity contribution in [2.75, 3.05) is 44.8 Å². The second-order valence-corrected chi connectivity index (χ2v) is 7.50. The molecule has 8 heteroatoms. The molecule has 2 aliphatic heterocycles. The molecule has 0 aliphatic carbocycles. The van der Waals surface area contributed by atoms with Crippen LogP contribution in [0.2, 0.25) is 0 Å². The standard InChI is InChI=1S/C20H30N6O2/c1-3-19(20-21-22-23-26(20)15-18-8-5-13-28-18)25-11-9-24(10-12-25)16-6-4-7-17(14-16)27-2/h4,6-7,14,18-19H,3,5,8-13,15H2,1-2H3/t18-,19+/m1/s1. The molecule has 152 valence electrons. The first-order chi connectivity index (χ1) is 13.8. The second-order valence-electron chi connectivity index (χ2n) is 7.50. The minimum Gasteiger partial charge on any atom is -0.497 e. The van der Waals surface area contributed by atoms with Crippen LogP contribution in [-0.2, 0) is 11.3 Å². The third kappa shape index (κ3) is 4.12. The van der Waals surface area contributed by atoms with Crippen LogP contribution in [0, 0.1) is 0 Å². The molecular formula is C20H30N6O2. The van der Waals surface area contributed by atoms with E-state index in [2.05, 4.69) is 50.4 Å². The highest BCUT2D eigenvalue weighted by molar-refractivity contribution is 5.51. The van der Waals surface area contributed by atoms with Gasteiger partial charge in [0.05, 0.1) is 25.8 Å². The number of ether oxygens (including phenoxy) is 2. The Bertz CT molecular complexity index is 753. The summed E-state index contributed by atoms with van der Waals surface area (Å²) in [5, 5.41) is 12.6. The van der Waals surface area contributed by atoms with Crippen molar-refractivity contribution < 1.29 is 9.47 Å². The van der Waals surface area contributed by atoms with Crippen molar-refractivity contribution in [2.24, 2.45) is 0 Å². The molecule has 2 saturated heterocycles. The molecule has 3 heterocycles. The van der Waals surface area contributed by atoms with Gasteiger partial charge in [-0.1, -0.05) is 13.0 Å². The van der Waals surface area contributed by atoms with Crippen LogP contribution in [0.25, 0.3) is 0 Å². The Hall–Kier alpha value is -2.19. The second kappa shape index (κ2) is 8.87. The topological polar surface area (TPSA) is 68.5 Å². The molecule has 2 aromatic rings. The number of methoxy groups -OCH3 is 1. The van der Waals surface area contributed by atoms with Crippen LogP contribution >= 0.6 is 0 Å². The van der Waals surface area contributed by atoms with Gasteiger partial charge < -0.3 is 14.4 Å². The number of piperazine rings is 1. The summed E-state index contributed by atoms with van der Waals surface area (Å²) in [6, 6.07) is 8.53. The van der Waals surface area contributed by atoms with Crippen LogP contribution < -0.4 is 9.64 Å². The average molecular weight is 387 g/mol. The molecule has 0 saturated carbocycles. The Morgan fingerprint density at radius 2 is 2.11 bits per heavy atom. The van der Waals surface area contributed by atoms with Crippen molar-refractivity contribution in [3.8, 4) is 5.75 Å². The zero-order valence-corrected chi connectivity index (χ0v) is 16.8. The quantitative estimate of drug-likeness (QED) is 0.722. The number of nitrogens with zero attached hydrogens (tertiary/aromatic N) is 6. The number of anilines is 1. The van der Waals surface area contributed by atoms with E-state index in [9.17, 15) is 0 Å². The summed E-state index contributed by atoms with van der Waals surface area (Å²) >= 11 is 0. The summed E-state index contributed by atoms with van der Waals surface area (Å²) < 4.78 is 13.1. The molecule has 0 N–H and O–H groups in total. The van der Waals surface area contributed by atoms with Crippen molar-refractivity contribution in [2.45, 2.75) is 44.9 Å². The van der Waals surface area contributed by atoms with Gasteiger partial charge in [0.15, 0.2) is 5.82 Å². The molecule has 0 bridgehead atoms. The zero-order valence-electron chi connectivity index (χ0n) is 16.8. The fourth-order valence-corrected chi connectivity index (χ4v) is 4.26. The molecule has 1 aromatic heterocycles. The molecule has 1 aromatic carbocycles. The number of benzene rings is 1. The fraction of sp³-hybridized carbons (Fsp3) is 0.650. The van der Waals surface area contributed by atoms with Gasteiger partial charge in [0.1, 0.15) is 5.75 Å². The molecule has 2 aliphatic rings. The summed E-state index contributed by atoms with van der Waals surface area (Å²) in [5.74, 6) is 1.87. The smallest absolute Gasteiger partial charge is 0.168 e. The van der Waals surface area contributed by atoms with E-state index in [0.29, 0.717) is 0 Å². The highest BCUT2D eigenvalue weighted by Crippen LogP contribution is 2.27. The van der Waals surface area contributed by atoms with Crippen molar-refractivity contribution in [3.05, 3.63) is 30.1 Å². The number of tetrazole rings is 1. The van der Waals surface area contributed by atoms with E-state index in [1.54, 1.807) is 7.11 Å². The third-order valence-corrected chi connectivity index (χ3v) is 5.82. The van der Waals surface area contributed by atoms with Gasteiger partial charge in [-0.25, -0.2) is 4.68 Å². The molecule has 0 spiro atoms. The van der Waals surface area contributed by atoms with Gasteiger partial charge in [-0.15, -0.1) is 5.10 Å². The number of hydrogen-bond donors (Lipinski definition) is 0. The van der Waals surface area contributed by atoms with Gasteiger partial charge in [0, 0.05) is 44.5 Å². The van der Waals surface area contributed by atoms with E-state index < -0.39 is 0 Å². The monoisotopic (exact) mass is 386 g/mol. The highest BCUT2D eigenvalue weighted by Gasteiger charge is 2.29. The summed E-state index contributed by atoms with van der Waals surface area (Å²) in [5.41, 5.74) is 1.22. The lowest BCUT2D eigenvalue weighted by Gasteiger charge is -2.39. The molecule has 0 radical (unpaired) electrons. The van der Waals surface area contributed by atoms with Crippen LogP contribution in [0.15, 0.2) is 24.3 Å². The predicted octanol–water partition coefficient (Wildman–Crippen LogP) is 2.13. The maximum absolute atomic E-state index is 5.78. The molecule has 0 unspecified atom stereocenters. The lowest BCUT2D eigenvalue weighted by molar-refractivity contribution is 0.0894. The molecule has 0 amide bonds. The van der Waals surface area contributed by atoms with E-state index in [1.165, 1.54) is 5.69 Å². The lowest BCUT2D eigenvalue weighted by Crippen LogP contribution is -2.48. The number of hydrogen-bond acceptors (Lipinski definition) is 7. The summed E-state index contributed by atoms with van der Waals surface area (Å²) in [7, 11) is 1.71. The van der Waals surface area contributed by atoms with Gasteiger partial charge in [0.25, 0.3) is 0 Å². The van der Waals surface area contributed by atoms with Gasteiger partial charge in [-0.05, 0) is 41.8 Å². The first kappa shape index (κ1) is 19.1. The first-order valence-electron chi connectivity index (χ1n) is 10.3. The number of aromatic nitrogens is 4. The Labute approximate surface area is 166 Å². The van der Waals surface area contributed by atoms with Crippen LogP contribution in [0.4, 0.5) is 5.69 Å². The third-order valence-electron chi connectivity index (χ3n) is 5.82. The largest absolute Gasteiger partial charge is 0.497 e. The van der Waals surface area contributed by atoms with Crippen LogP contribution in [0.5, 0.6) is 5.75 Å². The molecule has 4 rings (SSSR count). The van der Waals surface area contributed by atoms with Crippen molar-refractivity contribution >= 4 is 5.69 Å². The minimum atomic E-state index is 0.240. The zero-order chi connectivity index (χ0) is 19.3. The van der Waals surface area contributed by atoms with Crippen LogP contribution in [0.3, 0.4) is 0 Å². The molecule has 8 nitrogen and oxygen atoms in total. The van der Waals surface area contributed by atoms with E-state index in [4.69, 9.17) is 9.47 Å². The number of rotatable bonds is 7. The normalized spacial score (nSPS) is 21.8. The SMILES string of the molecule is CC[C@@H](c1nnnn1C[C@H]1CCCO1)N1CCN(c2cccc(OC)c2)CC1. The summed E-state index contributed by atoms with van der Waals surface area (Å²) in [6.07, 6.45) is 3.45. The molecule has 2 atom stereocenters. The molecular weight excluding hydrogens is 356 g/mol. The molecule has 28 heavy (non-hydrogen) atoms. The average Bonchev–Trinajstić information content (AvgIpc) is 3.42. The van der Waals surface area contributed by atoms with Gasteiger partial charge in [-0.3, -0.25) is 4.90 Å². The summed E-state index contributed by atoms with van der Waals surface area (Å²) in [4.78, 5) is 4.93. The Morgan fingerprint density at radius 3 is 2.82 bits per heavy atom. The van der Waals surface area contributed by atoms with E-state index in [1.807, 2.05) is 10.7 Å². The molecule has 2 fully saturated rings. The van der Waals surface area contributed by atoms with E-state index >= 15 is 0 Å². The predicted molar refractivity (Wildman–Crippen MR) is 107 cm³/mol. The van der Waals surface area contributed by atoms with Crippen molar-refractivity contribution in [1.82, 2.24) is 25.1 Å². The summed E-state index contributed by atoms with van der Waals surface area (Å²) in [6.45, 7) is 7.76. The highest BCUT2D eigenvalue weighted by atomic mass is 16.5.